The summed E-state index contributed by atoms with van der Waals surface area (Å²) in [6.07, 6.45) is 7.53. The number of carbonyl (C=O) groups is 1. The molecular weight excluding hydrogens is 280 g/mol. The first kappa shape index (κ1) is 16.1. The number of anilines is 1. The van der Waals surface area contributed by atoms with Crippen LogP contribution >= 0.6 is 12.4 Å². The van der Waals surface area contributed by atoms with Gasteiger partial charge in [-0.2, -0.15) is 5.10 Å². The highest BCUT2D eigenvalue weighted by atomic mass is 35.5. The average molecular weight is 297 g/mol. The highest BCUT2D eigenvalue weighted by molar-refractivity contribution is 5.90. The van der Waals surface area contributed by atoms with Crippen LogP contribution in [0.5, 0.6) is 0 Å². The third-order valence-corrected chi connectivity index (χ3v) is 2.45. The summed E-state index contributed by atoms with van der Waals surface area (Å²) in [7, 11) is 0. The Labute approximate surface area is 123 Å². The van der Waals surface area contributed by atoms with Gasteiger partial charge in [-0.3, -0.25) is 4.79 Å². The zero-order valence-corrected chi connectivity index (χ0v) is 11.9. The molecular formula is C12H17ClN6O. The van der Waals surface area contributed by atoms with Crippen LogP contribution in [0.3, 0.4) is 0 Å². The molecule has 1 amide bonds. The molecule has 1 unspecified atom stereocenters. The zero-order valence-electron chi connectivity index (χ0n) is 11.1. The second-order valence-corrected chi connectivity index (χ2v) is 4.29. The van der Waals surface area contributed by atoms with Crippen LogP contribution in [0.25, 0.3) is 5.95 Å². The van der Waals surface area contributed by atoms with Crippen molar-refractivity contribution >= 4 is 24.0 Å². The van der Waals surface area contributed by atoms with Gasteiger partial charge in [0.15, 0.2) is 0 Å². The predicted octanol–water partition coefficient (Wildman–Crippen LogP) is 1.15. The summed E-state index contributed by atoms with van der Waals surface area (Å²) in [5.41, 5.74) is 6.21. The van der Waals surface area contributed by atoms with E-state index in [1.807, 2.05) is 6.92 Å². The molecule has 3 N–H and O–H groups in total. The number of nitrogens with one attached hydrogen (secondary N) is 1. The van der Waals surface area contributed by atoms with Gasteiger partial charge >= 0.3 is 0 Å². The topological polar surface area (TPSA) is 98.7 Å². The number of nitrogens with two attached hydrogens (primary N) is 1. The number of carbonyl (C=O) groups excluding carboxylic acids is 1. The Morgan fingerprint density at radius 1 is 1.45 bits per heavy atom. The smallest absolute Gasteiger partial charge is 0.250 e. The lowest BCUT2D eigenvalue weighted by atomic mass is 10.2. The first-order valence-corrected chi connectivity index (χ1v) is 6.02. The molecule has 0 spiro atoms. The molecule has 0 radical (unpaired) electrons. The van der Waals surface area contributed by atoms with E-state index in [-0.39, 0.29) is 24.4 Å². The molecule has 2 aromatic rings. The molecule has 0 aromatic carbocycles. The fourth-order valence-corrected chi connectivity index (χ4v) is 1.49. The Morgan fingerprint density at radius 2 is 2.15 bits per heavy atom. The van der Waals surface area contributed by atoms with E-state index >= 15 is 0 Å². The van der Waals surface area contributed by atoms with E-state index in [1.54, 1.807) is 30.9 Å². The number of halogens is 1. The summed E-state index contributed by atoms with van der Waals surface area (Å²) in [4.78, 5) is 19.7. The predicted molar refractivity (Wildman–Crippen MR) is 77.9 cm³/mol. The Morgan fingerprint density at radius 3 is 2.80 bits per heavy atom. The van der Waals surface area contributed by atoms with E-state index in [0.717, 1.165) is 0 Å². The number of hydrogen-bond acceptors (Lipinski definition) is 5. The molecule has 0 saturated carbocycles. The van der Waals surface area contributed by atoms with Crippen molar-refractivity contribution in [2.75, 3.05) is 5.32 Å². The van der Waals surface area contributed by atoms with Crippen LogP contribution < -0.4 is 11.1 Å². The summed E-state index contributed by atoms with van der Waals surface area (Å²) < 4.78 is 1.50. The highest BCUT2D eigenvalue weighted by Gasteiger charge is 2.07. The molecule has 8 heteroatoms. The summed E-state index contributed by atoms with van der Waals surface area (Å²) in [6, 6.07) is 1.75. The third kappa shape index (κ3) is 4.60. The fraction of sp³-hybridized carbons (Fsp3) is 0.333. The minimum Gasteiger partial charge on any atom is -0.328 e. The van der Waals surface area contributed by atoms with Gasteiger partial charge in [0, 0.05) is 24.9 Å². The Kier molecular flexibility index (Phi) is 6.08. The summed E-state index contributed by atoms with van der Waals surface area (Å²) in [5.74, 6) is 0.379. The van der Waals surface area contributed by atoms with Crippen LogP contribution in [0, 0.1) is 0 Å². The second-order valence-electron chi connectivity index (χ2n) is 4.29. The van der Waals surface area contributed by atoms with Crippen LogP contribution in [0.2, 0.25) is 0 Å². The monoisotopic (exact) mass is 296 g/mol. The number of hydrogen-bond donors (Lipinski definition) is 2. The summed E-state index contributed by atoms with van der Waals surface area (Å²) in [5, 5.41) is 6.84. The lowest BCUT2D eigenvalue weighted by molar-refractivity contribution is -0.116. The quantitative estimate of drug-likeness (QED) is 0.862. The van der Waals surface area contributed by atoms with Crippen molar-refractivity contribution in [1.82, 2.24) is 19.7 Å². The second kappa shape index (κ2) is 7.56. The summed E-state index contributed by atoms with van der Waals surface area (Å²) >= 11 is 0. The molecule has 2 heterocycles. The van der Waals surface area contributed by atoms with Gasteiger partial charge in [-0.25, -0.2) is 14.6 Å². The highest BCUT2D eigenvalue weighted by Crippen LogP contribution is 2.08. The third-order valence-electron chi connectivity index (χ3n) is 2.45. The molecule has 0 saturated heterocycles. The zero-order chi connectivity index (χ0) is 13.7. The van der Waals surface area contributed by atoms with Crippen molar-refractivity contribution in [3.05, 3.63) is 30.9 Å². The molecule has 0 aliphatic rings. The molecule has 7 nitrogen and oxygen atoms in total. The summed E-state index contributed by atoms with van der Waals surface area (Å²) in [6.45, 7) is 1.87. The maximum absolute atomic E-state index is 11.6. The fourth-order valence-electron chi connectivity index (χ4n) is 1.49. The van der Waals surface area contributed by atoms with Crippen LogP contribution in [0.15, 0.2) is 30.9 Å². The van der Waals surface area contributed by atoms with Gasteiger partial charge in [0.25, 0.3) is 0 Å². The lowest BCUT2D eigenvalue weighted by Gasteiger charge is -2.04. The van der Waals surface area contributed by atoms with Crippen molar-refractivity contribution in [2.24, 2.45) is 5.73 Å². The minimum atomic E-state index is -0.0779. The van der Waals surface area contributed by atoms with Gasteiger partial charge in [0.1, 0.15) is 0 Å². The molecule has 0 aliphatic heterocycles. The van der Waals surface area contributed by atoms with E-state index in [9.17, 15) is 4.79 Å². The van der Waals surface area contributed by atoms with Crippen LogP contribution in [0.1, 0.15) is 19.8 Å². The molecule has 0 fully saturated rings. The molecule has 2 rings (SSSR count). The normalized spacial score (nSPS) is 11.5. The van der Waals surface area contributed by atoms with E-state index in [1.165, 1.54) is 4.68 Å². The maximum Gasteiger partial charge on any atom is 0.250 e. The number of amides is 1. The van der Waals surface area contributed by atoms with E-state index < -0.39 is 0 Å². The lowest BCUT2D eigenvalue weighted by Crippen LogP contribution is -2.19. The van der Waals surface area contributed by atoms with Gasteiger partial charge in [0.2, 0.25) is 11.9 Å². The SMILES string of the molecule is CC(N)CCC(=O)Nc1cnn(-c2ncccn2)c1.Cl. The Hall–Kier alpha value is -1.99. The van der Waals surface area contributed by atoms with Gasteiger partial charge in [-0.05, 0) is 19.4 Å². The largest absolute Gasteiger partial charge is 0.328 e. The van der Waals surface area contributed by atoms with E-state index in [2.05, 4.69) is 20.4 Å². The van der Waals surface area contributed by atoms with Gasteiger partial charge in [-0.1, -0.05) is 0 Å². The van der Waals surface area contributed by atoms with E-state index in [4.69, 9.17) is 5.73 Å². The Balaban J connectivity index is 0.00000200. The van der Waals surface area contributed by atoms with Gasteiger partial charge in [-0.15, -0.1) is 12.4 Å². The van der Waals surface area contributed by atoms with Crippen molar-refractivity contribution in [3.8, 4) is 5.95 Å². The van der Waals surface area contributed by atoms with Crippen LogP contribution in [0.4, 0.5) is 5.69 Å². The average Bonchev–Trinajstić information content (AvgIpc) is 2.86. The molecule has 0 aliphatic carbocycles. The number of aromatic nitrogens is 4. The molecule has 108 valence electrons. The molecule has 2 aromatic heterocycles. The van der Waals surface area contributed by atoms with Crippen molar-refractivity contribution < 1.29 is 4.79 Å². The van der Waals surface area contributed by atoms with Crippen LogP contribution in [-0.2, 0) is 4.79 Å². The van der Waals surface area contributed by atoms with Crippen molar-refractivity contribution in [3.63, 3.8) is 0 Å². The number of rotatable bonds is 5. The van der Waals surface area contributed by atoms with Crippen LogP contribution in [-0.4, -0.2) is 31.7 Å². The van der Waals surface area contributed by atoms with Gasteiger partial charge in [0.05, 0.1) is 18.1 Å². The van der Waals surface area contributed by atoms with Crippen molar-refractivity contribution in [1.29, 1.82) is 0 Å². The van der Waals surface area contributed by atoms with Gasteiger partial charge < -0.3 is 11.1 Å². The molecule has 20 heavy (non-hydrogen) atoms. The first-order chi connectivity index (χ1) is 9.15. The minimum absolute atomic E-state index is 0. The molecule has 1 atom stereocenters. The Bertz CT molecular complexity index is 542. The van der Waals surface area contributed by atoms with Crippen molar-refractivity contribution in [2.45, 2.75) is 25.8 Å². The number of nitrogens with zero attached hydrogens (tertiary/aromatic N) is 4. The standard InChI is InChI=1S/C12H16N6O.ClH/c1-9(13)3-4-11(19)17-10-7-16-18(8-10)12-14-5-2-6-15-12;/h2,5-9H,3-4,13H2,1H3,(H,17,19);1H. The molecule has 0 bridgehead atoms. The maximum atomic E-state index is 11.6. The first-order valence-electron chi connectivity index (χ1n) is 6.02. The van der Waals surface area contributed by atoms with E-state index in [0.29, 0.717) is 24.5 Å².